The van der Waals surface area contributed by atoms with E-state index in [2.05, 4.69) is 63.5 Å². The van der Waals surface area contributed by atoms with E-state index in [1.54, 1.807) is 0 Å². The molecule has 0 spiro atoms. The molecule has 0 atom stereocenters. The molecule has 0 bridgehead atoms. The Kier molecular flexibility index (Phi) is 7.92. The van der Waals surface area contributed by atoms with Crippen LogP contribution in [0.15, 0.2) is 12.1 Å². The summed E-state index contributed by atoms with van der Waals surface area (Å²) in [5.41, 5.74) is 0. The van der Waals surface area contributed by atoms with Crippen LogP contribution in [0.3, 0.4) is 0 Å². The normalized spacial score (nSPS) is 11.7. The Bertz CT molecular complexity index is 498. The summed E-state index contributed by atoms with van der Waals surface area (Å²) in [7, 11) is -2.38. The van der Waals surface area contributed by atoms with Crippen molar-refractivity contribution in [2.45, 2.75) is 39.3 Å². The number of thiophene rings is 2. The predicted octanol–water partition coefficient (Wildman–Crippen LogP) is -1.82. The van der Waals surface area contributed by atoms with Crippen molar-refractivity contribution >= 4 is 47.8 Å². The molecule has 0 radical (unpaired) electrons. The number of rotatable bonds is 3. The average molecular weight is 323 g/mol. The van der Waals surface area contributed by atoms with E-state index < -0.39 is 16.1 Å². The quantitative estimate of drug-likeness (QED) is 0.461. The summed E-state index contributed by atoms with van der Waals surface area (Å²) in [6.45, 7) is 14.3. The minimum Gasteiger partial charge on any atom is -0.304 e. The van der Waals surface area contributed by atoms with Gasteiger partial charge in [-0.3, -0.25) is 0 Å². The fourth-order valence-corrected chi connectivity index (χ4v) is 7.10. The van der Waals surface area contributed by atoms with Crippen molar-refractivity contribution in [2.75, 3.05) is 0 Å². The van der Waals surface area contributed by atoms with Crippen LogP contribution in [0.5, 0.6) is 0 Å². The van der Waals surface area contributed by atoms with Crippen molar-refractivity contribution < 1.29 is 37.7 Å². The molecular weight excluding hydrogens is 302 g/mol. The largest absolute Gasteiger partial charge is 1.00 e. The predicted molar refractivity (Wildman–Crippen MR) is 91.3 cm³/mol. The standard InChI is InChI=1S/C14H20S2Si2.2Li/c1-17(2,3)13-9-7-11(15-13)12-8-10-14(16-12)18(4,5)6;;/h9-10H,1-6H3;;/q-2;2*+1. The van der Waals surface area contributed by atoms with Crippen LogP contribution in [0.4, 0.5) is 0 Å². The molecule has 0 fully saturated rings. The molecule has 0 aliphatic carbocycles. The van der Waals surface area contributed by atoms with Crippen LogP contribution in [-0.4, -0.2) is 16.1 Å². The molecule has 0 saturated carbocycles. The molecule has 0 aromatic carbocycles. The first-order chi connectivity index (χ1) is 8.18. The Balaban J connectivity index is 0.00000180. The fourth-order valence-electron chi connectivity index (χ4n) is 1.56. The molecule has 0 amide bonds. The van der Waals surface area contributed by atoms with Gasteiger partial charge in [-0.2, -0.15) is 21.9 Å². The van der Waals surface area contributed by atoms with Gasteiger partial charge >= 0.3 is 37.7 Å². The summed E-state index contributed by atoms with van der Waals surface area (Å²) in [4.78, 5) is 2.56. The molecule has 2 rings (SSSR count). The van der Waals surface area contributed by atoms with E-state index in [1.165, 1.54) is 18.8 Å². The molecular formula is C14H20Li2S2Si2. The maximum atomic E-state index is 3.44. The molecule has 0 unspecified atom stereocenters. The molecule has 6 heteroatoms. The Morgan fingerprint density at radius 1 is 0.700 bits per heavy atom. The summed E-state index contributed by atoms with van der Waals surface area (Å²) in [5.74, 6) is 0. The van der Waals surface area contributed by atoms with Gasteiger partial charge < -0.3 is 22.7 Å². The van der Waals surface area contributed by atoms with Crippen molar-refractivity contribution in [1.29, 1.82) is 0 Å². The van der Waals surface area contributed by atoms with Gasteiger partial charge in [-0.15, -0.1) is 9.00 Å². The molecule has 20 heavy (non-hydrogen) atoms. The smallest absolute Gasteiger partial charge is 0.304 e. The van der Waals surface area contributed by atoms with Crippen LogP contribution < -0.4 is 46.7 Å². The molecule has 2 heterocycles. The van der Waals surface area contributed by atoms with Crippen LogP contribution in [0, 0.1) is 12.1 Å². The van der Waals surface area contributed by atoms with Gasteiger partial charge in [0.2, 0.25) is 0 Å². The molecule has 0 saturated heterocycles. The van der Waals surface area contributed by atoms with Crippen LogP contribution in [-0.2, 0) is 0 Å². The van der Waals surface area contributed by atoms with E-state index in [4.69, 9.17) is 0 Å². The molecule has 0 N–H and O–H groups in total. The van der Waals surface area contributed by atoms with Crippen molar-refractivity contribution in [3.8, 4) is 9.75 Å². The first kappa shape index (κ1) is 21.0. The topological polar surface area (TPSA) is 0 Å². The van der Waals surface area contributed by atoms with E-state index in [-0.39, 0.29) is 37.7 Å². The molecule has 2 aromatic heterocycles. The average Bonchev–Trinajstić information content (AvgIpc) is 2.84. The second-order valence-corrected chi connectivity index (χ2v) is 19.6. The van der Waals surface area contributed by atoms with Crippen molar-refractivity contribution in [3.05, 3.63) is 24.3 Å². The SMILES string of the molecule is C[Si](C)(C)c1c[c-]c(-c2[c-]cc([Si](C)(C)C)s2)s1.[Li+].[Li+]. The molecule has 98 valence electrons. The van der Waals surface area contributed by atoms with Crippen LogP contribution >= 0.6 is 22.7 Å². The Labute approximate surface area is 157 Å². The molecule has 0 nitrogen and oxygen atoms in total. The third-order valence-corrected chi connectivity index (χ3v) is 12.2. The molecule has 2 aromatic rings. The molecule has 0 aliphatic rings. The second kappa shape index (κ2) is 7.53. The van der Waals surface area contributed by atoms with E-state index in [0.717, 1.165) is 0 Å². The monoisotopic (exact) mass is 322 g/mol. The van der Waals surface area contributed by atoms with E-state index in [9.17, 15) is 0 Å². The van der Waals surface area contributed by atoms with Crippen LogP contribution in [0.2, 0.25) is 39.3 Å². The van der Waals surface area contributed by atoms with E-state index in [1.807, 2.05) is 22.7 Å². The number of hydrogen-bond acceptors (Lipinski definition) is 2. The minimum atomic E-state index is -1.19. The maximum absolute atomic E-state index is 3.44. The maximum Gasteiger partial charge on any atom is 1.00 e. The summed E-state index contributed by atoms with van der Waals surface area (Å²) in [6, 6.07) is 11.3. The zero-order chi connectivity index (χ0) is 13.6. The van der Waals surface area contributed by atoms with Gasteiger partial charge in [0.05, 0.1) is 0 Å². The first-order valence-electron chi connectivity index (χ1n) is 6.22. The van der Waals surface area contributed by atoms with Gasteiger partial charge in [-0.1, -0.05) is 39.3 Å². The van der Waals surface area contributed by atoms with Gasteiger partial charge in [0.15, 0.2) is 0 Å². The summed E-state index contributed by atoms with van der Waals surface area (Å²) >= 11 is 3.84. The summed E-state index contributed by atoms with van der Waals surface area (Å²) < 4.78 is 3.07. The van der Waals surface area contributed by atoms with Gasteiger partial charge in [-0.05, 0) is 0 Å². The summed E-state index contributed by atoms with van der Waals surface area (Å²) in [5, 5.41) is 0. The third kappa shape index (κ3) is 5.04. The van der Waals surface area contributed by atoms with Crippen LogP contribution in [0.25, 0.3) is 9.75 Å². The van der Waals surface area contributed by atoms with E-state index in [0.29, 0.717) is 0 Å². The van der Waals surface area contributed by atoms with Gasteiger partial charge in [0.1, 0.15) is 0 Å². The zero-order valence-corrected chi connectivity index (χ0v) is 17.6. The van der Waals surface area contributed by atoms with Gasteiger partial charge in [0, 0.05) is 16.1 Å². The van der Waals surface area contributed by atoms with Crippen molar-refractivity contribution in [1.82, 2.24) is 0 Å². The third-order valence-electron chi connectivity index (χ3n) is 2.78. The Morgan fingerprint density at radius 3 is 1.20 bits per heavy atom. The second-order valence-electron chi connectivity index (χ2n) is 6.67. The van der Waals surface area contributed by atoms with Crippen molar-refractivity contribution in [2.24, 2.45) is 0 Å². The summed E-state index contributed by atoms with van der Waals surface area (Å²) in [6.07, 6.45) is 0. The van der Waals surface area contributed by atoms with Crippen molar-refractivity contribution in [3.63, 3.8) is 0 Å². The zero-order valence-electron chi connectivity index (χ0n) is 14.0. The van der Waals surface area contributed by atoms with Gasteiger partial charge in [0.25, 0.3) is 0 Å². The van der Waals surface area contributed by atoms with Gasteiger partial charge in [-0.25, -0.2) is 12.1 Å². The molecule has 0 aliphatic heterocycles. The Morgan fingerprint density at radius 2 is 1.00 bits per heavy atom. The fraction of sp³-hybridized carbons (Fsp3) is 0.429. The minimum absolute atomic E-state index is 0. The van der Waals surface area contributed by atoms with E-state index >= 15 is 0 Å². The first-order valence-corrected chi connectivity index (χ1v) is 14.9. The Hall–Kier alpha value is 1.03. The van der Waals surface area contributed by atoms with Crippen LogP contribution in [0.1, 0.15) is 0 Å². The number of hydrogen-bond donors (Lipinski definition) is 0.